The van der Waals surface area contributed by atoms with Crippen molar-refractivity contribution in [1.82, 2.24) is 9.03 Å². The quantitative estimate of drug-likeness (QED) is 0.447. The molecule has 0 atom stereocenters. The molecule has 0 rings (SSSR count). The predicted molar refractivity (Wildman–Crippen MR) is 67.5 cm³/mol. The molecule has 0 spiro atoms. The van der Waals surface area contributed by atoms with Gasteiger partial charge in [0.1, 0.15) is 0 Å². The average Bonchev–Trinajstić information content (AvgIpc) is 2.15. The second-order valence-corrected chi connectivity index (χ2v) is 5.43. The lowest BCUT2D eigenvalue weighted by atomic mass is 10.3. The van der Waals surface area contributed by atoms with Gasteiger partial charge in [-0.1, -0.05) is 0 Å². The van der Waals surface area contributed by atoms with Crippen molar-refractivity contribution >= 4 is 22.1 Å². The van der Waals surface area contributed by atoms with E-state index in [1.165, 1.54) is 0 Å². The summed E-state index contributed by atoms with van der Waals surface area (Å²) >= 11 is 0. The lowest BCUT2D eigenvalue weighted by molar-refractivity contribution is 0.158. The van der Waals surface area contributed by atoms with Crippen molar-refractivity contribution in [1.29, 1.82) is 5.41 Å². The lowest BCUT2D eigenvalue weighted by Gasteiger charge is -2.25. The Labute approximate surface area is 107 Å². The number of carbonyl (C=O) groups is 1. The maximum absolute atomic E-state index is 11.9. The Kier molecular flexibility index (Phi) is 6.63. The van der Waals surface area contributed by atoms with Crippen LogP contribution in [0.5, 0.6) is 0 Å². The molecule has 0 aromatic heterocycles. The van der Waals surface area contributed by atoms with E-state index in [-0.39, 0.29) is 31.4 Å². The summed E-state index contributed by atoms with van der Waals surface area (Å²) in [7, 11) is -3.98. The Balaban J connectivity index is 4.76. The minimum absolute atomic E-state index is 0.0295. The monoisotopic (exact) mass is 280 g/mol. The molecule has 8 nitrogen and oxygen atoms in total. The second-order valence-electron chi connectivity index (χ2n) is 3.81. The van der Waals surface area contributed by atoms with Gasteiger partial charge in [-0.25, -0.2) is 9.52 Å². The zero-order valence-electron chi connectivity index (χ0n) is 10.8. The van der Waals surface area contributed by atoms with Crippen LogP contribution in [0.3, 0.4) is 0 Å². The van der Waals surface area contributed by atoms with Gasteiger partial charge < -0.3 is 10.5 Å². The van der Waals surface area contributed by atoms with E-state index in [0.717, 1.165) is 4.31 Å². The third kappa shape index (κ3) is 5.82. The fourth-order valence-electron chi connectivity index (χ4n) is 1.21. The van der Waals surface area contributed by atoms with Crippen molar-refractivity contribution in [3.05, 3.63) is 0 Å². The predicted octanol–water partition coefficient (Wildman–Crippen LogP) is 0.0138. The Morgan fingerprint density at radius 2 is 2.06 bits per heavy atom. The second kappa shape index (κ2) is 7.17. The molecule has 9 heteroatoms. The summed E-state index contributed by atoms with van der Waals surface area (Å²) < 4.78 is 31.1. The van der Waals surface area contributed by atoms with E-state index in [0.29, 0.717) is 0 Å². The highest BCUT2D eigenvalue weighted by molar-refractivity contribution is 7.87. The fraction of sp³-hybridized carbons (Fsp3) is 0.778. The maximum Gasteiger partial charge on any atom is 0.421 e. The molecule has 0 aliphatic heterocycles. The Hall–Kier alpha value is -1.35. The van der Waals surface area contributed by atoms with Gasteiger partial charge in [-0.15, -0.1) is 0 Å². The summed E-state index contributed by atoms with van der Waals surface area (Å²) in [6.45, 7) is 5.00. The van der Waals surface area contributed by atoms with E-state index in [9.17, 15) is 13.2 Å². The van der Waals surface area contributed by atoms with Gasteiger partial charge in [-0.2, -0.15) is 12.7 Å². The average molecular weight is 280 g/mol. The normalized spacial score (nSPS) is 11.6. The lowest BCUT2D eigenvalue weighted by Crippen LogP contribution is -2.47. The van der Waals surface area contributed by atoms with Crippen LogP contribution < -0.4 is 10.5 Å². The highest BCUT2D eigenvalue weighted by Gasteiger charge is 2.27. The van der Waals surface area contributed by atoms with E-state index in [4.69, 9.17) is 11.1 Å². The standard InChI is InChI=1S/C9H20N4O4S/c1-4-17-9(14)12-18(15,16)13(7(2)3)6-5-8(10)11/h7H,4-6H2,1-3H3,(H3,10,11)(H,12,14). The molecule has 0 radical (unpaired) electrons. The van der Waals surface area contributed by atoms with Crippen LogP contribution in [0.1, 0.15) is 27.2 Å². The van der Waals surface area contributed by atoms with Crippen LogP contribution >= 0.6 is 0 Å². The number of ether oxygens (including phenoxy) is 1. The summed E-state index contributed by atoms with van der Waals surface area (Å²) in [5.74, 6) is -0.119. The first-order valence-corrected chi connectivity index (χ1v) is 6.94. The van der Waals surface area contributed by atoms with E-state index < -0.39 is 16.3 Å². The number of hydrogen-bond donors (Lipinski definition) is 3. The Morgan fingerprint density at radius 3 is 2.44 bits per heavy atom. The molecule has 0 saturated heterocycles. The summed E-state index contributed by atoms with van der Waals surface area (Å²) in [6, 6.07) is -0.365. The first-order chi connectivity index (χ1) is 8.20. The van der Waals surface area contributed by atoms with Gasteiger partial charge in [-0.3, -0.25) is 5.41 Å². The third-order valence-corrected chi connectivity index (χ3v) is 3.62. The number of nitrogens with one attached hydrogen (secondary N) is 2. The fourth-order valence-corrected chi connectivity index (χ4v) is 2.48. The molecule has 0 fully saturated rings. The first-order valence-electron chi connectivity index (χ1n) is 5.50. The molecule has 0 aromatic carbocycles. The van der Waals surface area contributed by atoms with Crippen LogP contribution in [0.2, 0.25) is 0 Å². The molecule has 106 valence electrons. The van der Waals surface area contributed by atoms with E-state index in [1.807, 2.05) is 0 Å². The number of amides is 1. The summed E-state index contributed by atoms with van der Waals surface area (Å²) in [6.07, 6.45) is -0.923. The van der Waals surface area contributed by atoms with Gasteiger partial charge >= 0.3 is 16.3 Å². The summed E-state index contributed by atoms with van der Waals surface area (Å²) in [5, 5.41) is 7.08. The molecule has 0 aliphatic rings. The summed E-state index contributed by atoms with van der Waals surface area (Å²) in [4.78, 5) is 11.1. The van der Waals surface area contributed by atoms with Crippen LogP contribution in [-0.4, -0.2) is 43.8 Å². The number of hydrogen-bond acceptors (Lipinski definition) is 5. The van der Waals surface area contributed by atoms with Crippen LogP contribution in [0.15, 0.2) is 0 Å². The van der Waals surface area contributed by atoms with Crippen molar-refractivity contribution in [3.63, 3.8) is 0 Å². The van der Waals surface area contributed by atoms with Gasteiger partial charge in [-0.05, 0) is 20.8 Å². The molecular formula is C9H20N4O4S. The smallest absolute Gasteiger partial charge is 0.421 e. The molecule has 0 bridgehead atoms. The highest BCUT2D eigenvalue weighted by atomic mass is 32.2. The van der Waals surface area contributed by atoms with Crippen LogP contribution in [-0.2, 0) is 14.9 Å². The van der Waals surface area contributed by atoms with Gasteiger partial charge in [0.25, 0.3) is 0 Å². The van der Waals surface area contributed by atoms with Crippen molar-refractivity contribution in [2.24, 2.45) is 5.73 Å². The number of amidine groups is 1. The molecule has 0 aromatic rings. The molecule has 4 N–H and O–H groups in total. The van der Waals surface area contributed by atoms with Crippen LogP contribution in [0.25, 0.3) is 0 Å². The number of rotatable bonds is 7. The molecule has 0 aliphatic carbocycles. The van der Waals surface area contributed by atoms with Gasteiger partial charge in [0.2, 0.25) is 0 Å². The minimum Gasteiger partial charge on any atom is -0.449 e. The van der Waals surface area contributed by atoms with Crippen molar-refractivity contribution in [2.75, 3.05) is 13.2 Å². The Bertz CT molecular complexity index is 393. The zero-order valence-corrected chi connectivity index (χ0v) is 11.6. The van der Waals surface area contributed by atoms with E-state index in [2.05, 4.69) is 4.74 Å². The van der Waals surface area contributed by atoms with Gasteiger partial charge in [0.15, 0.2) is 0 Å². The van der Waals surface area contributed by atoms with Crippen molar-refractivity contribution in [3.8, 4) is 0 Å². The number of nitrogens with two attached hydrogens (primary N) is 1. The number of nitrogens with zero attached hydrogens (tertiary/aromatic N) is 1. The summed E-state index contributed by atoms with van der Waals surface area (Å²) in [5.41, 5.74) is 5.18. The molecule has 0 unspecified atom stereocenters. The third-order valence-electron chi connectivity index (χ3n) is 1.97. The topological polar surface area (TPSA) is 126 Å². The van der Waals surface area contributed by atoms with Crippen LogP contribution in [0, 0.1) is 5.41 Å². The highest BCUT2D eigenvalue weighted by Crippen LogP contribution is 2.06. The van der Waals surface area contributed by atoms with Crippen molar-refractivity contribution in [2.45, 2.75) is 33.2 Å². The zero-order chi connectivity index (χ0) is 14.3. The Morgan fingerprint density at radius 1 is 1.50 bits per heavy atom. The largest absolute Gasteiger partial charge is 0.449 e. The molecule has 18 heavy (non-hydrogen) atoms. The van der Waals surface area contributed by atoms with Gasteiger partial charge in [0, 0.05) is 19.0 Å². The number of carbonyl (C=O) groups excluding carboxylic acids is 1. The van der Waals surface area contributed by atoms with Crippen LogP contribution in [0.4, 0.5) is 4.79 Å². The van der Waals surface area contributed by atoms with E-state index in [1.54, 1.807) is 25.5 Å². The van der Waals surface area contributed by atoms with Gasteiger partial charge in [0.05, 0.1) is 12.4 Å². The molecular weight excluding hydrogens is 260 g/mol. The molecule has 0 heterocycles. The maximum atomic E-state index is 11.9. The first kappa shape index (κ1) is 16.6. The minimum atomic E-state index is -3.98. The SMILES string of the molecule is CCOC(=O)NS(=O)(=O)N(CCC(=N)N)C(C)C. The molecule has 1 amide bonds. The molecule has 0 saturated carbocycles. The van der Waals surface area contributed by atoms with E-state index >= 15 is 0 Å². The van der Waals surface area contributed by atoms with Crippen molar-refractivity contribution < 1.29 is 17.9 Å².